The molecule has 1 atom stereocenters. The Bertz CT molecular complexity index is 1160. The van der Waals surface area contributed by atoms with Crippen molar-refractivity contribution in [3.8, 4) is 11.5 Å². The van der Waals surface area contributed by atoms with Crippen LogP contribution in [-0.4, -0.2) is 58.0 Å². The zero-order valence-corrected chi connectivity index (χ0v) is 20.2. The average Bonchev–Trinajstić information content (AvgIpc) is 3.51. The van der Waals surface area contributed by atoms with E-state index >= 15 is 0 Å². The monoisotopic (exact) mass is 481 g/mol. The topological polar surface area (TPSA) is 98.6 Å². The second-order valence-electron chi connectivity index (χ2n) is 7.90. The number of hydrogen-bond donors (Lipinski definition) is 1. The van der Waals surface area contributed by atoms with Gasteiger partial charge in [0.05, 0.1) is 26.0 Å². The minimum atomic E-state index is -0.156. The number of ether oxygens (including phenoxy) is 2. The highest BCUT2D eigenvalue weighted by Gasteiger charge is 2.32. The fourth-order valence-corrected chi connectivity index (χ4v) is 4.71. The molecule has 2 amide bonds. The van der Waals surface area contributed by atoms with Gasteiger partial charge < -0.3 is 24.3 Å². The summed E-state index contributed by atoms with van der Waals surface area (Å²) in [6.07, 6.45) is 3.35. The highest BCUT2D eigenvalue weighted by atomic mass is 32.2. The number of nitrogens with one attached hydrogen (secondary N) is 1. The highest BCUT2D eigenvalue weighted by Crippen LogP contribution is 2.39. The van der Waals surface area contributed by atoms with E-state index in [-0.39, 0.29) is 23.6 Å². The number of hydrogen-bond acceptors (Lipinski definition) is 7. The number of methoxy groups -OCH3 is 2. The molecule has 1 unspecified atom stereocenters. The molecule has 34 heavy (non-hydrogen) atoms. The van der Waals surface area contributed by atoms with Gasteiger partial charge in [-0.05, 0) is 55.3 Å². The van der Waals surface area contributed by atoms with E-state index in [4.69, 9.17) is 9.47 Å². The van der Waals surface area contributed by atoms with Gasteiger partial charge in [-0.15, -0.1) is 10.2 Å². The van der Waals surface area contributed by atoms with Crippen LogP contribution in [0.3, 0.4) is 0 Å². The van der Waals surface area contributed by atoms with Crippen LogP contribution in [-0.2, 0) is 11.8 Å². The number of aryl methyl sites for hydroxylation is 1. The zero-order chi connectivity index (χ0) is 24.1. The Morgan fingerprint density at radius 2 is 1.94 bits per heavy atom. The van der Waals surface area contributed by atoms with E-state index in [0.717, 1.165) is 29.9 Å². The van der Waals surface area contributed by atoms with Crippen molar-refractivity contribution in [3.63, 3.8) is 0 Å². The Kier molecular flexibility index (Phi) is 7.36. The molecule has 1 aliphatic heterocycles. The van der Waals surface area contributed by atoms with E-state index < -0.39 is 0 Å². The van der Waals surface area contributed by atoms with Gasteiger partial charge in [-0.1, -0.05) is 11.8 Å². The van der Waals surface area contributed by atoms with E-state index in [9.17, 15) is 9.59 Å². The molecule has 3 aromatic rings. The fraction of sp³-hybridized carbons (Fsp3) is 0.333. The summed E-state index contributed by atoms with van der Waals surface area (Å²) in [5, 5.41) is 11.3. The molecule has 1 fully saturated rings. The third kappa shape index (κ3) is 5.17. The number of rotatable bonds is 8. The first-order valence-corrected chi connectivity index (χ1v) is 11.9. The second-order valence-corrected chi connectivity index (χ2v) is 8.85. The first-order valence-electron chi connectivity index (χ1n) is 10.9. The Morgan fingerprint density at radius 3 is 2.62 bits per heavy atom. The van der Waals surface area contributed by atoms with E-state index in [0.29, 0.717) is 23.0 Å². The van der Waals surface area contributed by atoms with Crippen LogP contribution in [0.2, 0.25) is 0 Å². The molecular weight excluding hydrogens is 454 g/mol. The number of thioether (sulfide) groups is 1. The number of aromatic nitrogens is 3. The summed E-state index contributed by atoms with van der Waals surface area (Å²) < 4.78 is 12.7. The van der Waals surface area contributed by atoms with Crippen LogP contribution >= 0.6 is 11.8 Å². The fourth-order valence-electron chi connectivity index (χ4n) is 4.03. The second kappa shape index (κ2) is 10.6. The van der Waals surface area contributed by atoms with Crippen LogP contribution in [0, 0.1) is 0 Å². The number of likely N-dealkylation sites (tertiary alicyclic amines) is 1. The number of carbonyl (C=O) groups excluding carboxylic acids is 2. The van der Waals surface area contributed by atoms with Crippen molar-refractivity contribution < 1.29 is 19.1 Å². The van der Waals surface area contributed by atoms with E-state index in [1.54, 1.807) is 49.4 Å². The minimum absolute atomic E-state index is 0.0527. The number of amides is 2. The number of benzene rings is 2. The summed E-state index contributed by atoms with van der Waals surface area (Å²) >= 11 is 1.31. The highest BCUT2D eigenvalue weighted by molar-refractivity contribution is 7.99. The lowest BCUT2D eigenvalue weighted by Gasteiger charge is -2.27. The van der Waals surface area contributed by atoms with Gasteiger partial charge >= 0.3 is 0 Å². The molecule has 9 nitrogen and oxygen atoms in total. The Morgan fingerprint density at radius 1 is 1.15 bits per heavy atom. The van der Waals surface area contributed by atoms with Gasteiger partial charge in [0.15, 0.2) is 5.16 Å². The van der Waals surface area contributed by atoms with Crippen LogP contribution < -0.4 is 14.8 Å². The van der Waals surface area contributed by atoms with Crippen LogP contribution in [0.15, 0.2) is 53.9 Å². The van der Waals surface area contributed by atoms with E-state index in [1.165, 1.54) is 11.8 Å². The molecule has 2 aromatic carbocycles. The van der Waals surface area contributed by atoms with Crippen molar-refractivity contribution in [1.82, 2.24) is 19.7 Å². The molecule has 2 heterocycles. The summed E-state index contributed by atoms with van der Waals surface area (Å²) in [5.74, 6) is 1.47. The summed E-state index contributed by atoms with van der Waals surface area (Å²) in [4.78, 5) is 27.5. The molecule has 1 aromatic heterocycles. The number of nitrogens with zero attached hydrogens (tertiary/aromatic N) is 4. The number of anilines is 1. The van der Waals surface area contributed by atoms with Gasteiger partial charge in [0, 0.05) is 30.4 Å². The maximum Gasteiger partial charge on any atom is 0.254 e. The maximum atomic E-state index is 13.3. The summed E-state index contributed by atoms with van der Waals surface area (Å²) in [6.45, 7) is 0.668. The molecule has 1 saturated heterocycles. The molecular formula is C24H27N5O4S. The van der Waals surface area contributed by atoms with Gasteiger partial charge in [0.25, 0.3) is 5.91 Å². The van der Waals surface area contributed by atoms with Crippen LogP contribution in [0.1, 0.15) is 34.8 Å². The summed E-state index contributed by atoms with van der Waals surface area (Å²) in [5.41, 5.74) is 2.14. The summed E-state index contributed by atoms with van der Waals surface area (Å²) in [7, 11) is 5.08. The first kappa shape index (κ1) is 23.6. The Labute approximate surface area is 202 Å². The Hall–Kier alpha value is -3.53. The van der Waals surface area contributed by atoms with E-state index in [1.807, 2.05) is 30.1 Å². The predicted octanol–water partition coefficient (Wildman–Crippen LogP) is 3.54. The van der Waals surface area contributed by atoms with Crippen LogP contribution in [0.25, 0.3) is 0 Å². The standard InChI is InChI=1S/C24H27N5O4S/c1-28-15-25-27-24(28)34-14-22(30)26-17-8-6-16(7-9-17)23(31)29-12-4-5-20(29)19-13-18(32-2)10-11-21(19)33-3/h6-11,13,15,20H,4-5,12,14H2,1-3H3,(H,26,30). The van der Waals surface area contributed by atoms with Crippen LogP contribution in [0.5, 0.6) is 11.5 Å². The lowest BCUT2D eigenvalue weighted by Crippen LogP contribution is -2.30. The normalized spacial score (nSPS) is 15.3. The SMILES string of the molecule is COc1ccc(OC)c(C2CCCN2C(=O)c2ccc(NC(=O)CSc3nncn3C)cc2)c1. The lowest BCUT2D eigenvalue weighted by atomic mass is 10.0. The van der Waals surface area contributed by atoms with Crippen molar-refractivity contribution >= 4 is 29.3 Å². The van der Waals surface area contributed by atoms with Gasteiger partial charge in [-0.25, -0.2) is 0 Å². The van der Waals surface area contributed by atoms with Crippen molar-refractivity contribution in [2.75, 3.05) is 31.8 Å². The molecule has 10 heteroatoms. The molecule has 0 saturated carbocycles. The van der Waals surface area contributed by atoms with E-state index in [2.05, 4.69) is 15.5 Å². The van der Waals surface area contributed by atoms with Crippen molar-refractivity contribution in [3.05, 3.63) is 59.9 Å². The molecule has 0 spiro atoms. The van der Waals surface area contributed by atoms with Crippen molar-refractivity contribution in [1.29, 1.82) is 0 Å². The van der Waals surface area contributed by atoms with Gasteiger partial charge in [-0.2, -0.15) is 0 Å². The minimum Gasteiger partial charge on any atom is -0.497 e. The first-order chi connectivity index (χ1) is 16.5. The molecule has 0 radical (unpaired) electrons. The van der Waals surface area contributed by atoms with Crippen molar-refractivity contribution in [2.45, 2.75) is 24.0 Å². The largest absolute Gasteiger partial charge is 0.497 e. The third-order valence-corrected chi connectivity index (χ3v) is 6.76. The quantitative estimate of drug-likeness (QED) is 0.492. The molecule has 0 aliphatic carbocycles. The van der Waals surface area contributed by atoms with Crippen LogP contribution in [0.4, 0.5) is 5.69 Å². The molecule has 4 rings (SSSR count). The van der Waals surface area contributed by atoms with Gasteiger partial charge in [0.1, 0.15) is 17.8 Å². The zero-order valence-electron chi connectivity index (χ0n) is 19.4. The number of carbonyl (C=O) groups is 2. The summed E-state index contributed by atoms with van der Waals surface area (Å²) in [6, 6.07) is 12.5. The Balaban J connectivity index is 1.42. The van der Waals surface area contributed by atoms with Gasteiger partial charge in [-0.3, -0.25) is 9.59 Å². The average molecular weight is 482 g/mol. The molecule has 1 N–H and O–H groups in total. The van der Waals surface area contributed by atoms with Crippen molar-refractivity contribution in [2.24, 2.45) is 7.05 Å². The maximum absolute atomic E-state index is 13.3. The third-order valence-electron chi connectivity index (χ3n) is 5.73. The molecule has 0 bridgehead atoms. The molecule has 178 valence electrons. The molecule has 1 aliphatic rings. The lowest BCUT2D eigenvalue weighted by molar-refractivity contribution is -0.113. The van der Waals surface area contributed by atoms with Gasteiger partial charge in [0.2, 0.25) is 5.91 Å². The predicted molar refractivity (Wildman–Crippen MR) is 129 cm³/mol. The smallest absolute Gasteiger partial charge is 0.254 e.